The number of rotatable bonds is 5. The van der Waals surface area contributed by atoms with Crippen molar-refractivity contribution in [2.24, 2.45) is 0 Å². The van der Waals surface area contributed by atoms with Gasteiger partial charge in [-0.15, -0.1) is 0 Å². The van der Waals surface area contributed by atoms with Gasteiger partial charge >= 0.3 is 0 Å². The highest BCUT2D eigenvalue weighted by Gasteiger charge is 2.00. The molecule has 0 spiro atoms. The minimum Gasteiger partial charge on any atom is -0.497 e. The topological polar surface area (TPSA) is 40.5 Å². The molecule has 0 saturated carbocycles. The van der Waals surface area contributed by atoms with Crippen molar-refractivity contribution < 1.29 is 14.4 Å². The molecule has 1 aromatic heterocycles. The van der Waals surface area contributed by atoms with Gasteiger partial charge in [0.1, 0.15) is 18.1 Å². The number of carbonyl (C=O) groups excluding carboxylic acids is 1. The van der Waals surface area contributed by atoms with Crippen LogP contribution in [0.1, 0.15) is 16.1 Å². The van der Waals surface area contributed by atoms with E-state index in [0.29, 0.717) is 12.3 Å². The van der Waals surface area contributed by atoms with Crippen LogP contribution < -0.4 is 9.57 Å². The lowest BCUT2D eigenvalue weighted by Crippen LogP contribution is -2.12. The van der Waals surface area contributed by atoms with Crippen molar-refractivity contribution in [1.29, 1.82) is 0 Å². The number of aromatic nitrogens is 1. The minimum atomic E-state index is 0.402. The summed E-state index contributed by atoms with van der Waals surface area (Å²) in [5, 5.41) is 0. The van der Waals surface area contributed by atoms with Gasteiger partial charge in [0.2, 0.25) is 0 Å². The van der Waals surface area contributed by atoms with Gasteiger partial charge in [0, 0.05) is 6.20 Å². The van der Waals surface area contributed by atoms with Crippen LogP contribution in [0.2, 0.25) is 0 Å². The Kier molecular flexibility index (Phi) is 3.45. The van der Waals surface area contributed by atoms with Crippen LogP contribution in [0.5, 0.6) is 5.75 Å². The number of aldehydes is 1. The number of hydrogen-bond donors (Lipinski definition) is 0. The number of nitrogens with zero attached hydrogens (tertiary/aromatic N) is 1. The zero-order valence-corrected chi connectivity index (χ0v) is 9.50. The van der Waals surface area contributed by atoms with Gasteiger partial charge in [-0.2, -0.15) is 4.73 Å². The average Bonchev–Trinajstić information content (AvgIpc) is 2.84. The predicted octanol–water partition coefficient (Wildman–Crippen LogP) is 1.94. The van der Waals surface area contributed by atoms with Crippen LogP contribution in [0.4, 0.5) is 0 Å². The Bertz CT molecular complexity index is 488. The monoisotopic (exact) mass is 231 g/mol. The smallest absolute Gasteiger partial charge is 0.169 e. The van der Waals surface area contributed by atoms with Gasteiger partial charge in [0.05, 0.1) is 7.11 Å². The Hall–Kier alpha value is -2.23. The fourth-order valence-corrected chi connectivity index (χ4v) is 1.45. The van der Waals surface area contributed by atoms with Crippen LogP contribution in [-0.2, 0) is 6.61 Å². The summed E-state index contributed by atoms with van der Waals surface area (Å²) in [6.45, 7) is 0.402. The van der Waals surface area contributed by atoms with E-state index in [9.17, 15) is 4.79 Å². The van der Waals surface area contributed by atoms with Gasteiger partial charge in [-0.05, 0) is 29.8 Å². The minimum absolute atomic E-state index is 0.402. The molecule has 17 heavy (non-hydrogen) atoms. The Morgan fingerprint density at radius 1 is 1.24 bits per heavy atom. The highest BCUT2D eigenvalue weighted by molar-refractivity contribution is 5.71. The van der Waals surface area contributed by atoms with Crippen LogP contribution in [0.25, 0.3) is 0 Å². The van der Waals surface area contributed by atoms with E-state index < -0.39 is 0 Å². The van der Waals surface area contributed by atoms with Crippen molar-refractivity contribution in [3.8, 4) is 5.75 Å². The summed E-state index contributed by atoms with van der Waals surface area (Å²) < 4.78 is 6.52. The normalized spacial score (nSPS) is 9.94. The van der Waals surface area contributed by atoms with Gasteiger partial charge in [-0.3, -0.25) is 4.79 Å². The van der Waals surface area contributed by atoms with Crippen LogP contribution in [0, 0.1) is 0 Å². The molecule has 2 aromatic rings. The zero-order chi connectivity index (χ0) is 12.1. The highest BCUT2D eigenvalue weighted by atomic mass is 16.7. The number of hydrogen-bond acceptors (Lipinski definition) is 3. The highest BCUT2D eigenvalue weighted by Crippen LogP contribution is 2.11. The number of carbonyl (C=O) groups is 1. The van der Waals surface area contributed by atoms with E-state index in [1.165, 1.54) is 4.73 Å². The van der Waals surface area contributed by atoms with E-state index >= 15 is 0 Å². The predicted molar refractivity (Wildman–Crippen MR) is 63.1 cm³/mol. The third-order valence-corrected chi connectivity index (χ3v) is 2.39. The first kappa shape index (κ1) is 11.3. The van der Waals surface area contributed by atoms with Gasteiger partial charge in [-0.1, -0.05) is 12.1 Å². The summed E-state index contributed by atoms with van der Waals surface area (Å²) in [7, 11) is 1.63. The van der Waals surface area contributed by atoms with Crippen molar-refractivity contribution in [1.82, 2.24) is 4.73 Å². The van der Waals surface area contributed by atoms with Crippen molar-refractivity contribution in [2.45, 2.75) is 6.61 Å². The third kappa shape index (κ3) is 2.66. The summed E-state index contributed by atoms with van der Waals surface area (Å²) in [4.78, 5) is 16.1. The molecule has 0 atom stereocenters. The molecule has 0 aliphatic heterocycles. The number of methoxy groups -OCH3 is 1. The molecule has 0 bridgehead atoms. The molecule has 88 valence electrons. The van der Waals surface area contributed by atoms with Crippen molar-refractivity contribution >= 4 is 6.29 Å². The van der Waals surface area contributed by atoms with E-state index in [1.807, 2.05) is 24.3 Å². The second-order valence-corrected chi connectivity index (χ2v) is 3.50. The molecule has 0 fully saturated rings. The first-order valence-corrected chi connectivity index (χ1v) is 5.22. The fourth-order valence-electron chi connectivity index (χ4n) is 1.45. The summed E-state index contributed by atoms with van der Waals surface area (Å²) >= 11 is 0. The van der Waals surface area contributed by atoms with Crippen molar-refractivity contribution in [3.63, 3.8) is 0 Å². The molecule has 0 amide bonds. The second-order valence-electron chi connectivity index (χ2n) is 3.50. The Morgan fingerprint density at radius 2 is 2.00 bits per heavy atom. The molecule has 0 aliphatic carbocycles. The Morgan fingerprint density at radius 3 is 2.65 bits per heavy atom. The number of ether oxygens (including phenoxy) is 1. The molecule has 0 saturated heterocycles. The second kappa shape index (κ2) is 5.21. The molecule has 4 nitrogen and oxygen atoms in total. The maximum absolute atomic E-state index is 10.7. The molecule has 1 heterocycles. The summed E-state index contributed by atoms with van der Waals surface area (Å²) in [5.74, 6) is 0.809. The molecule has 0 aliphatic rings. The Labute approximate surface area is 99.3 Å². The van der Waals surface area contributed by atoms with Gasteiger partial charge < -0.3 is 9.57 Å². The molecule has 2 rings (SSSR count). The maximum Gasteiger partial charge on any atom is 0.169 e. The molecule has 0 unspecified atom stereocenters. The van der Waals surface area contributed by atoms with Crippen molar-refractivity contribution in [2.75, 3.05) is 7.11 Å². The zero-order valence-electron chi connectivity index (χ0n) is 9.50. The van der Waals surface area contributed by atoms with Crippen molar-refractivity contribution in [3.05, 3.63) is 53.9 Å². The molecule has 1 aromatic carbocycles. The van der Waals surface area contributed by atoms with E-state index in [2.05, 4.69) is 0 Å². The van der Waals surface area contributed by atoms with Crippen LogP contribution >= 0.6 is 0 Å². The maximum atomic E-state index is 10.7. The van der Waals surface area contributed by atoms with Gasteiger partial charge in [-0.25, -0.2) is 0 Å². The summed E-state index contributed by atoms with van der Waals surface area (Å²) in [6, 6.07) is 11.0. The van der Waals surface area contributed by atoms with Crippen LogP contribution in [0.3, 0.4) is 0 Å². The van der Waals surface area contributed by atoms with Gasteiger partial charge in [0.25, 0.3) is 0 Å². The average molecular weight is 231 g/mol. The Balaban J connectivity index is 1.99. The van der Waals surface area contributed by atoms with E-state index in [0.717, 1.165) is 17.6 Å². The van der Waals surface area contributed by atoms with Crippen LogP contribution in [-0.4, -0.2) is 18.1 Å². The molecule has 4 heteroatoms. The SMILES string of the molecule is COc1ccc(COn2cccc2C=O)cc1. The fraction of sp³-hybridized carbons (Fsp3) is 0.154. The van der Waals surface area contributed by atoms with E-state index in [4.69, 9.17) is 9.57 Å². The largest absolute Gasteiger partial charge is 0.497 e. The third-order valence-electron chi connectivity index (χ3n) is 2.39. The van der Waals surface area contributed by atoms with E-state index in [1.54, 1.807) is 25.4 Å². The number of benzene rings is 1. The van der Waals surface area contributed by atoms with Crippen LogP contribution in [0.15, 0.2) is 42.6 Å². The van der Waals surface area contributed by atoms with Gasteiger partial charge in [0.15, 0.2) is 6.29 Å². The quantitative estimate of drug-likeness (QED) is 0.738. The lowest BCUT2D eigenvalue weighted by atomic mass is 10.2. The summed E-state index contributed by atoms with van der Waals surface area (Å²) in [5.41, 5.74) is 1.51. The molecule has 0 radical (unpaired) electrons. The van der Waals surface area contributed by atoms with E-state index in [-0.39, 0.29) is 0 Å². The molecular formula is C13H13NO3. The molecular weight excluding hydrogens is 218 g/mol. The lowest BCUT2D eigenvalue weighted by Gasteiger charge is -2.08. The first-order valence-electron chi connectivity index (χ1n) is 5.22. The lowest BCUT2D eigenvalue weighted by molar-refractivity contribution is 0.0859. The standard InChI is InChI=1S/C13H13NO3/c1-16-13-6-4-11(5-7-13)10-17-14-8-2-3-12(14)9-15/h2-9H,10H2,1H3. The first-order chi connectivity index (χ1) is 8.33. The summed E-state index contributed by atoms with van der Waals surface area (Å²) in [6.07, 6.45) is 2.46. The molecule has 0 N–H and O–H groups in total.